The van der Waals surface area contributed by atoms with Crippen LogP contribution in [0.2, 0.25) is 0 Å². The minimum absolute atomic E-state index is 0.0291. The van der Waals surface area contributed by atoms with Gasteiger partial charge in [-0.3, -0.25) is 9.58 Å². The van der Waals surface area contributed by atoms with Gasteiger partial charge in [0, 0.05) is 38.3 Å². The minimum atomic E-state index is -1.09. The van der Waals surface area contributed by atoms with E-state index in [0.29, 0.717) is 18.8 Å². The summed E-state index contributed by atoms with van der Waals surface area (Å²) in [4.78, 5) is 41.9. The summed E-state index contributed by atoms with van der Waals surface area (Å²) in [6, 6.07) is 16.2. The van der Waals surface area contributed by atoms with E-state index in [9.17, 15) is 19.5 Å². The molecular formula is C33H38N4O6. The topological polar surface area (TPSA) is 114 Å². The van der Waals surface area contributed by atoms with Gasteiger partial charge in [-0.2, -0.15) is 5.10 Å². The van der Waals surface area contributed by atoms with E-state index in [2.05, 4.69) is 29.4 Å². The molecule has 2 aliphatic carbocycles. The maximum atomic E-state index is 13.9. The van der Waals surface area contributed by atoms with Gasteiger partial charge in [-0.1, -0.05) is 48.5 Å². The Morgan fingerprint density at radius 2 is 1.63 bits per heavy atom. The van der Waals surface area contributed by atoms with E-state index in [0.717, 1.165) is 41.5 Å². The monoisotopic (exact) mass is 586 g/mol. The number of hydrogen-bond acceptors (Lipinski definition) is 6. The van der Waals surface area contributed by atoms with Gasteiger partial charge in [-0.15, -0.1) is 0 Å². The van der Waals surface area contributed by atoms with Crippen molar-refractivity contribution in [3.8, 4) is 11.1 Å². The predicted molar refractivity (Wildman–Crippen MR) is 159 cm³/mol. The molecule has 0 bridgehead atoms. The summed E-state index contributed by atoms with van der Waals surface area (Å²) < 4.78 is 13.1. The summed E-state index contributed by atoms with van der Waals surface area (Å²) >= 11 is 0. The van der Waals surface area contributed by atoms with Gasteiger partial charge in [0.05, 0.1) is 12.2 Å². The van der Waals surface area contributed by atoms with Crippen LogP contribution in [0.4, 0.5) is 9.59 Å². The molecule has 2 heterocycles. The first kappa shape index (κ1) is 28.8. The van der Waals surface area contributed by atoms with E-state index in [1.54, 1.807) is 16.8 Å². The van der Waals surface area contributed by atoms with Crippen molar-refractivity contribution in [3.05, 3.63) is 77.1 Å². The molecule has 1 saturated carbocycles. The van der Waals surface area contributed by atoms with Crippen LogP contribution in [0.5, 0.6) is 0 Å². The maximum Gasteiger partial charge on any atom is 0.410 e. The van der Waals surface area contributed by atoms with Crippen LogP contribution in [0.15, 0.2) is 54.7 Å². The number of carboxylic acids is 1. The van der Waals surface area contributed by atoms with E-state index in [4.69, 9.17) is 9.47 Å². The molecule has 0 radical (unpaired) electrons. The zero-order valence-electron chi connectivity index (χ0n) is 25.1. The van der Waals surface area contributed by atoms with E-state index in [1.165, 1.54) is 10.9 Å². The summed E-state index contributed by atoms with van der Waals surface area (Å²) in [5, 5.41) is 14.2. The van der Waals surface area contributed by atoms with Crippen LogP contribution in [0.1, 0.15) is 73.1 Å². The SMILES string of the molecule is Cn1cc(C(=O)O)c(CN(C(=O)OCC2c3ccccc3-c3ccccc32)C2CC23CCN(C(=O)OC(C)(C)C)CC3)n1. The van der Waals surface area contributed by atoms with Crippen molar-refractivity contribution in [2.75, 3.05) is 19.7 Å². The number of piperidine rings is 1. The molecule has 10 heteroatoms. The first-order valence-electron chi connectivity index (χ1n) is 14.8. The Bertz CT molecular complexity index is 1520. The Balaban J connectivity index is 1.20. The second kappa shape index (κ2) is 10.7. The standard InChI is InChI=1S/C33H38N4O6/c1-32(2,3)43-30(40)36-15-13-33(14-16-36)17-28(33)37(19-27-25(29(38)39)18-35(4)34-27)31(41)42-20-26-23-11-7-5-9-21(23)22-10-6-8-12-24(22)26/h5-12,18,26,28H,13-17,19-20H2,1-4H3,(H,38,39). The molecule has 10 nitrogen and oxygen atoms in total. The number of carboxylic acid groups (broad SMARTS) is 1. The fourth-order valence-corrected chi connectivity index (χ4v) is 6.74. The molecule has 1 aliphatic heterocycles. The summed E-state index contributed by atoms with van der Waals surface area (Å²) in [6.45, 7) is 6.82. The zero-order chi connectivity index (χ0) is 30.5. The van der Waals surface area contributed by atoms with Crippen LogP contribution < -0.4 is 0 Å². The van der Waals surface area contributed by atoms with E-state index in [1.807, 2.05) is 45.0 Å². The fraction of sp³-hybridized carbons (Fsp3) is 0.455. The highest BCUT2D eigenvalue weighted by Crippen LogP contribution is 2.57. The van der Waals surface area contributed by atoms with E-state index >= 15 is 0 Å². The average molecular weight is 587 g/mol. The van der Waals surface area contributed by atoms with Crippen molar-refractivity contribution < 1.29 is 29.0 Å². The molecule has 226 valence electrons. The molecule has 43 heavy (non-hydrogen) atoms. The number of aryl methyl sites for hydroxylation is 1. The normalized spacial score (nSPS) is 18.6. The number of benzene rings is 2. The maximum absolute atomic E-state index is 13.9. The first-order chi connectivity index (χ1) is 20.5. The third-order valence-electron chi connectivity index (χ3n) is 8.96. The van der Waals surface area contributed by atoms with Gasteiger partial charge in [0.15, 0.2) is 0 Å². The fourth-order valence-electron chi connectivity index (χ4n) is 6.74. The van der Waals surface area contributed by atoms with Crippen LogP contribution in [0.3, 0.4) is 0 Å². The van der Waals surface area contributed by atoms with Gasteiger partial charge in [0.1, 0.15) is 17.8 Å². The number of hydrogen-bond donors (Lipinski definition) is 1. The van der Waals surface area contributed by atoms with Gasteiger partial charge < -0.3 is 19.5 Å². The van der Waals surface area contributed by atoms with Crippen LogP contribution in [-0.4, -0.2) is 74.2 Å². The highest BCUT2D eigenvalue weighted by atomic mass is 16.6. The predicted octanol–water partition coefficient (Wildman–Crippen LogP) is 5.66. The van der Waals surface area contributed by atoms with Gasteiger partial charge >= 0.3 is 18.2 Å². The molecule has 1 unspecified atom stereocenters. The van der Waals surface area contributed by atoms with Gasteiger partial charge in [-0.05, 0) is 67.7 Å². The molecule has 1 N–H and O–H groups in total. The second-order valence-electron chi connectivity index (χ2n) is 12.9. The number of aromatic nitrogens is 2. The smallest absolute Gasteiger partial charge is 0.410 e. The molecule has 3 aliphatic rings. The number of fused-ring (bicyclic) bond motifs is 3. The molecule has 2 aromatic carbocycles. The van der Waals surface area contributed by atoms with Crippen LogP contribution in [0.25, 0.3) is 11.1 Å². The van der Waals surface area contributed by atoms with Gasteiger partial charge in [-0.25, -0.2) is 14.4 Å². The van der Waals surface area contributed by atoms with E-state index in [-0.39, 0.29) is 42.2 Å². The lowest BCUT2D eigenvalue weighted by Gasteiger charge is -2.35. The molecule has 1 atom stereocenters. The lowest BCUT2D eigenvalue weighted by atomic mass is 9.92. The van der Waals surface area contributed by atoms with Crippen LogP contribution in [-0.2, 0) is 23.1 Å². The molecule has 6 rings (SSSR count). The van der Waals surface area contributed by atoms with Crippen molar-refractivity contribution in [2.45, 2.75) is 64.1 Å². The molecule has 1 aromatic heterocycles. The van der Waals surface area contributed by atoms with Crippen LogP contribution in [0, 0.1) is 5.41 Å². The highest BCUT2D eigenvalue weighted by molar-refractivity contribution is 5.88. The summed E-state index contributed by atoms with van der Waals surface area (Å²) in [6.07, 6.45) is 2.84. The lowest BCUT2D eigenvalue weighted by Crippen LogP contribution is -2.44. The van der Waals surface area contributed by atoms with Crippen molar-refractivity contribution in [1.29, 1.82) is 0 Å². The van der Waals surface area contributed by atoms with E-state index < -0.39 is 17.7 Å². The van der Waals surface area contributed by atoms with Gasteiger partial charge in [0.25, 0.3) is 0 Å². The number of likely N-dealkylation sites (tertiary alicyclic amines) is 1. The zero-order valence-corrected chi connectivity index (χ0v) is 25.1. The Morgan fingerprint density at radius 1 is 1.02 bits per heavy atom. The summed E-state index contributed by atoms with van der Waals surface area (Å²) in [5.74, 6) is -1.18. The van der Waals surface area contributed by atoms with Gasteiger partial charge in [0.2, 0.25) is 0 Å². The Morgan fingerprint density at radius 3 is 2.21 bits per heavy atom. The first-order valence-corrected chi connectivity index (χ1v) is 14.8. The van der Waals surface area contributed by atoms with Crippen molar-refractivity contribution in [2.24, 2.45) is 12.5 Å². The van der Waals surface area contributed by atoms with Crippen molar-refractivity contribution >= 4 is 18.2 Å². The number of carbonyl (C=O) groups excluding carboxylic acids is 2. The molecular weight excluding hydrogens is 548 g/mol. The minimum Gasteiger partial charge on any atom is -0.478 e. The number of amides is 2. The Kier molecular flexibility index (Phi) is 7.18. The van der Waals surface area contributed by atoms with Crippen LogP contribution >= 0.6 is 0 Å². The lowest BCUT2D eigenvalue weighted by molar-refractivity contribution is 0.0151. The Labute approximate surface area is 251 Å². The van der Waals surface area contributed by atoms with Crippen molar-refractivity contribution in [1.82, 2.24) is 19.6 Å². The number of carbonyl (C=O) groups is 3. The summed E-state index contributed by atoms with van der Waals surface area (Å²) in [7, 11) is 1.67. The largest absolute Gasteiger partial charge is 0.478 e. The average Bonchev–Trinajstić information content (AvgIpc) is 3.34. The second-order valence-corrected chi connectivity index (χ2v) is 12.9. The number of rotatable bonds is 6. The molecule has 1 saturated heterocycles. The number of nitrogens with zero attached hydrogens (tertiary/aromatic N) is 4. The molecule has 3 aromatic rings. The third kappa shape index (κ3) is 5.58. The summed E-state index contributed by atoms with van der Waals surface area (Å²) in [5.41, 5.74) is 4.19. The van der Waals surface area contributed by atoms with Crippen molar-refractivity contribution in [3.63, 3.8) is 0 Å². The third-order valence-corrected chi connectivity index (χ3v) is 8.96. The Hall–Kier alpha value is -4.34. The molecule has 2 amide bonds. The quantitative estimate of drug-likeness (QED) is 0.397. The highest BCUT2D eigenvalue weighted by Gasteiger charge is 2.59. The number of aromatic carboxylic acids is 1. The molecule has 1 spiro atoms. The molecule has 2 fully saturated rings. The number of ether oxygens (including phenoxy) is 2.